The monoisotopic (exact) mass is 966 g/mol. The Morgan fingerprint density at radius 3 is 1.27 bits per heavy atom. The van der Waals surface area contributed by atoms with Gasteiger partial charge in [0.1, 0.15) is 11.1 Å². The summed E-state index contributed by atoms with van der Waals surface area (Å²) in [5, 5.41) is 6.97. The Labute approximate surface area is 436 Å². The minimum atomic E-state index is 0.000305. The van der Waals surface area contributed by atoms with Gasteiger partial charge < -0.3 is 18.6 Å². The number of nitrogens with zero attached hydrogens (tertiary/aromatic N) is 3. The molecule has 9 aromatic carbocycles. The van der Waals surface area contributed by atoms with Crippen LogP contribution >= 0.6 is 0 Å². The van der Waals surface area contributed by atoms with Crippen molar-refractivity contribution in [1.29, 1.82) is 0 Å². The maximum absolute atomic E-state index is 7.36. The van der Waals surface area contributed by atoms with E-state index in [2.05, 4.69) is 285 Å². The van der Waals surface area contributed by atoms with Crippen LogP contribution in [0.25, 0.3) is 71.2 Å². The molecule has 12 aromatic rings. The van der Waals surface area contributed by atoms with Crippen LogP contribution in [0, 0.1) is 0 Å². The molecule has 4 nitrogen and oxygen atoms in total. The molecule has 0 amide bonds. The number of hydrogen-bond acceptors (Lipinski definition) is 3. The lowest BCUT2D eigenvalue weighted by atomic mass is 9.86. The van der Waals surface area contributed by atoms with E-state index in [0.717, 1.165) is 83.6 Å². The van der Waals surface area contributed by atoms with Gasteiger partial charge in [-0.1, -0.05) is 198 Å². The molecule has 0 bridgehead atoms. The molecule has 3 aromatic heterocycles. The van der Waals surface area contributed by atoms with E-state index in [4.69, 9.17) is 4.42 Å². The van der Waals surface area contributed by atoms with Crippen LogP contribution in [0.2, 0.25) is 0 Å². The second kappa shape index (κ2) is 16.9. The minimum Gasteiger partial charge on any atom is -0.454 e. The first-order valence-electron chi connectivity index (χ1n) is 26.4. The van der Waals surface area contributed by atoms with Crippen molar-refractivity contribution in [3.8, 4) is 11.1 Å². The quantitative estimate of drug-likeness (QED) is 0.159. The fourth-order valence-corrected chi connectivity index (χ4v) is 11.3. The molecule has 0 unspecified atom stereocenters. The van der Waals surface area contributed by atoms with Crippen LogP contribution in [0.3, 0.4) is 0 Å². The highest BCUT2D eigenvalue weighted by molar-refractivity contribution is 6.38. The van der Waals surface area contributed by atoms with E-state index >= 15 is 0 Å². The Hall–Kier alpha value is -7.82. The number of rotatable bonds is 7. The molecule has 0 saturated carbocycles. The number of hydrogen-bond donors (Lipinski definition) is 0. The average Bonchev–Trinajstić information content (AvgIpc) is 4.17. The summed E-state index contributed by atoms with van der Waals surface area (Å²) in [6.45, 7) is 27.4. The standard InChI is InChI=1S/C70H67N3O/c1-67(2,3)46-23-31-50(32-24-46)71(51-33-25-47(26-34-51)68(4,5)6)54-39-40-57-59(43-54)73-64-58-42-45(44-18-14-13-15-19-44)22-41-60(58)74-66(64)62-63(56-21-17-16-20-55(56)61(57)65(62)73)72(52-35-27-48(28-36-52)69(7,8)9)53-37-29-49(30-38-53)70(10,11)12/h13-43H,1-12H3. The molecule has 0 aliphatic heterocycles. The Morgan fingerprint density at radius 1 is 0.338 bits per heavy atom. The third kappa shape index (κ3) is 7.80. The fraction of sp³-hybridized carbons (Fsp3) is 0.229. The lowest BCUT2D eigenvalue weighted by Gasteiger charge is -2.29. The van der Waals surface area contributed by atoms with Crippen molar-refractivity contribution in [2.45, 2.75) is 105 Å². The van der Waals surface area contributed by atoms with E-state index in [0.29, 0.717) is 0 Å². The number of fused-ring (bicyclic) bond motifs is 10. The largest absolute Gasteiger partial charge is 0.454 e. The number of benzene rings is 9. The van der Waals surface area contributed by atoms with Crippen molar-refractivity contribution >= 4 is 94.2 Å². The van der Waals surface area contributed by atoms with Gasteiger partial charge in [0.05, 0.1) is 22.1 Å². The second-order valence-electron chi connectivity index (χ2n) is 24.7. The zero-order chi connectivity index (χ0) is 51.6. The zero-order valence-electron chi connectivity index (χ0n) is 45.1. The summed E-state index contributed by atoms with van der Waals surface area (Å²) in [4.78, 5) is 4.92. The molecule has 368 valence electrons. The molecule has 3 heterocycles. The van der Waals surface area contributed by atoms with E-state index in [1.54, 1.807) is 0 Å². The Bertz CT molecular complexity index is 3940. The molecule has 0 saturated heterocycles. The van der Waals surface area contributed by atoms with Gasteiger partial charge in [-0.05, 0) is 133 Å². The first kappa shape index (κ1) is 47.2. The highest BCUT2D eigenvalue weighted by atomic mass is 16.3. The summed E-state index contributed by atoms with van der Waals surface area (Å²) in [6.07, 6.45) is 0. The molecule has 74 heavy (non-hydrogen) atoms. The van der Waals surface area contributed by atoms with Crippen molar-refractivity contribution in [1.82, 2.24) is 4.40 Å². The van der Waals surface area contributed by atoms with Gasteiger partial charge in [-0.3, -0.25) is 0 Å². The van der Waals surface area contributed by atoms with Crippen LogP contribution in [0.4, 0.5) is 34.1 Å². The van der Waals surface area contributed by atoms with Gasteiger partial charge in [0, 0.05) is 50.0 Å². The Balaban J connectivity index is 1.21. The van der Waals surface area contributed by atoms with E-state index in [1.807, 2.05) is 0 Å². The van der Waals surface area contributed by atoms with E-state index in [-0.39, 0.29) is 21.7 Å². The van der Waals surface area contributed by atoms with Gasteiger partial charge in [-0.15, -0.1) is 0 Å². The van der Waals surface area contributed by atoms with E-state index < -0.39 is 0 Å². The number of aromatic nitrogens is 1. The predicted octanol–water partition coefficient (Wildman–Crippen LogP) is 20.5. The first-order valence-corrected chi connectivity index (χ1v) is 26.4. The lowest BCUT2D eigenvalue weighted by Crippen LogP contribution is -2.15. The maximum atomic E-state index is 7.36. The summed E-state index contributed by atoms with van der Waals surface area (Å²) in [5.41, 5.74) is 19.3. The second-order valence-corrected chi connectivity index (χ2v) is 24.7. The normalized spacial score (nSPS) is 12.9. The van der Waals surface area contributed by atoms with Crippen molar-refractivity contribution in [3.63, 3.8) is 0 Å². The molecular weight excluding hydrogens is 899 g/mol. The van der Waals surface area contributed by atoms with Gasteiger partial charge in [-0.25, -0.2) is 0 Å². The minimum absolute atomic E-state index is 0.000305. The molecule has 0 fully saturated rings. The zero-order valence-corrected chi connectivity index (χ0v) is 45.1. The molecule has 0 N–H and O–H groups in total. The third-order valence-electron chi connectivity index (χ3n) is 15.5. The van der Waals surface area contributed by atoms with Gasteiger partial charge in [0.2, 0.25) is 0 Å². The highest BCUT2D eigenvalue weighted by Crippen LogP contribution is 2.54. The smallest absolute Gasteiger partial charge is 0.163 e. The van der Waals surface area contributed by atoms with Crippen molar-refractivity contribution in [2.75, 3.05) is 9.80 Å². The van der Waals surface area contributed by atoms with Gasteiger partial charge in [-0.2, -0.15) is 0 Å². The van der Waals surface area contributed by atoms with E-state index in [9.17, 15) is 0 Å². The molecule has 12 rings (SSSR count). The number of anilines is 6. The predicted molar refractivity (Wildman–Crippen MR) is 318 cm³/mol. The summed E-state index contributed by atoms with van der Waals surface area (Å²) in [6, 6.07) is 70.4. The molecule has 0 aliphatic carbocycles. The summed E-state index contributed by atoms with van der Waals surface area (Å²) >= 11 is 0. The number of furan rings is 1. The Morgan fingerprint density at radius 2 is 0.784 bits per heavy atom. The fourth-order valence-electron chi connectivity index (χ4n) is 11.3. The third-order valence-corrected chi connectivity index (χ3v) is 15.5. The Kier molecular flexibility index (Phi) is 10.8. The molecular formula is C70H67N3O. The van der Waals surface area contributed by atoms with Crippen molar-refractivity contribution in [2.24, 2.45) is 0 Å². The van der Waals surface area contributed by atoms with Gasteiger partial charge in [0.25, 0.3) is 0 Å². The van der Waals surface area contributed by atoms with E-state index in [1.165, 1.54) is 44.0 Å². The van der Waals surface area contributed by atoms with Crippen LogP contribution in [0.5, 0.6) is 0 Å². The van der Waals surface area contributed by atoms with Crippen LogP contribution in [0.1, 0.15) is 105 Å². The molecule has 0 atom stereocenters. The van der Waals surface area contributed by atoms with Crippen molar-refractivity contribution < 1.29 is 4.42 Å². The van der Waals surface area contributed by atoms with Crippen LogP contribution in [-0.4, -0.2) is 4.40 Å². The van der Waals surface area contributed by atoms with Crippen LogP contribution < -0.4 is 9.80 Å². The SMILES string of the molecule is CC(C)(C)c1ccc(N(c2ccc(C(C)(C)C)cc2)c2ccc3c4c5ccccc5c(N(c5ccc(C(C)(C)C)cc5)c5ccc(C(C)(C)C)cc5)c5c6oc7ccc(-c8ccccc8)cc7c6n(c3c2)c54)cc1. The van der Waals surface area contributed by atoms with Gasteiger partial charge >= 0.3 is 0 Å². The summed E-state index contributed by atoms with van der Waals surface area (Å²) in [5.74, 6) is 0. The molecule has 4 heteroatoms. The maximum Gasteiger partial charge on any atom is 0.163 e. The molecule has 0 radical (unpaired) electrons. The topological polar surface area (TPSA) is 24.0 Å². The first-order chi connectivity index (χ1) is 35.2. The van der Waals surface area contributed by atoms with Crippen LogP contribution in [-0.2, 0) is 21.7 Å². The summed E-state index contributed by atoms with van der Waals surface area (Å²) in [7, 11) is 0. The lowest BCUT2D eigenvalue weighted by molar-refractivity contribution is 0.590. The average molecular weight is 966 g/mol. The van der Waals surface area contributed by atoms with Gasteiger partial charge in [0.15, 0.2) is 5.58 Å². The molecule has 0 spiro atoms. The van der Waals surface area contributed by atoms with Crippen LogP contribution in [0.15, 0.2) is 192 Å². The molecule has 0 aliphatic rings. The highest BCUT2D eigenvalue weighted by Gasteiger charge is 2.32. The summed E-state index contributed by atoms with van der Waals surface area (Å²) < 4.78 is 9.90. The van der Waals surface area contributed by atoms with Crippen molar-refractivity contribution in [3.05, 3.63) is 210 Å².